The Morgan fingerprint density at radius 1 is 0.590 bits per heavy atom. The third kappa shape index (κ3) is 9.19. The van der Waals surface area contributed by atoms with Gasteiger partial charge in [0.05, 0.1) is 21.6 Å². The second-order valence-corrected chi connectivity index (χ2v) is 12.0. The van der Waals surface area contributed by atoms with E-state index in [-0.39, 0.29) is 33.4 Å². The minimum absolute atomic E-state index is 0.0426. The molecular weight excluding hydrogens is 601 g/mol. The number of carbonyl (C=O) groups excluding carboxylic acids is 2. The molecule has 0 aromatic heterocycles. The zero-order valence-electron chi connectivity index (χ0n) is 20.1. The van der Waals surface area contributed by atoms with E-state index in [9.17, 15) is 18.4 Å². The van der Waals surface area contributed by atoms with E-state index in [0.29, 0.717) is 11.4 Å². The van der Waals surface area contributed by atoms with Gasteiger partial charge < -0.3 is 10.6 Å². The Hall–Kier alpha value is -2.69. The Balaban J connectivity index is 1.21. The fourth-order valence-electron chi connectivity index (χ4n) is 3.18. The van der Waals surface area contributed by atoms with E-state index in [0.717, 1.165) is 19.6 Å². The average Bonchev–Trinajstić information content (AvgIpc) is 2.92. The Labute approximate surface area is 247 Å². The van der Waals surface area contributed by atoms with Crippen molar-refractivity contribution in [3.63, 3.8) is 0 Å². The van der Waals surface area contributed by atoms with Gasteiger partial charge in [-0.25, -0.2) is 8.78 Å². The monoisotopic (exact) mass is 620 g/mol. The fourth-order valence-corrected chi connectivity index (χ4v) is 5.76. The van der Waals surface area contributed by atoms with Gasteiger partial charge in [-0.2, -0.15) is 0 Å². The molecule has 0 fully saturated rings. The van der Waals surface area contributed by atoms with Crippen molar-refractivity contribution in [2.45, 2.75) is 19.6 Å². The average molecular weight is 622 g/mol. The minimum atomic E-state index is -0.535. The van der Waals surface area contributed by atoms with Crippen LogP contribution in [-0.2, 0) is 9.59 Å². The standard InChI is InChI=1S/C28H20Cl2F2N2O2S3/c29-23-13-17(1-11-25(23)31)33-27(35)15-37-19-3-7-21(8-4-19)39-22-9-5-20(6-10-22)38-16-28(36)34-18-2-12-26(32)24(30)14-18/h1-14H,15-16H2,(H,33,35)(H,34,36). The number of hydrogen-bond donors (Lipinski definition) is 2. The maximum atomic E-state index is 13.3. The molecule has 39 heavy (non-hydrogen) atoms. The summed E-state index contributed by atoms with van der Waals surface area (Å²) < 4.78 is 26.5. The highest BCUT2D eigenvalue weighted by Crippen LogP contribution is 2.31. The first-order valence-electron chi connectivity index (χ1n) is 11.4. The van der Waals surface area contributed by atoms with Crippen LogP contribution in [0.4, 0.5) is 20.2 Å². The molecule has 0 aliphatic heterocycles. The van der Waals surface area contributed by atoms with Gasteiger partial charge >= 0.3 is 0 Å². The van der Waals surface area contributed by atoms with E-state index in [1.54, 1.807) is 11.8 Å². The highest BCUT2D eigenvalue weighted by molar-refractivity contribution is 8.00. The van der Waals surface area contributed by atoms with Crippen molar-refractivity contribution in [2.24, 2.45) is 0 Å². The van der Waals surface area contributed by atoms with Gasteiger partial charge in [-0.1, -0.05) is 35.0 Å². The van der Waals surface area contributed by atoms with Gasteiger partial charge in [0.1, 0.15) is 11.6 Å². The predicted octanol–water partition coefficient (Wildman–Crippen LogP) is 8.88. The third-order valence-corrected chi connectivity index (χ3v) is 8.65. The van der Waals surface area contributed by atoms with E-state index in [2.05, 4.69) is 10.6 Å². The Morgan fingerprint density at radius 2 is 0.949 bits per heavy atom. The van der Waals surface area contributed by atoms with E-state index in [1.165, 1.54) is 59.9 Å². The molecule has 0 spiro atoms. The van der Waals surface area contributed by atoms with Gasteiger partial charge in [-0.15, -0.1) is 23.5 Å². The second-order valence-electron chi connectivity index (χ2n) is 7.98. The Morgan fingerprint density at radius 3 is 1.31 bits per heavy atom. The molecule has 4 aromatic rings. The van der Waals surface area contributed by atoms with Crippen molar-refractivity contribution >= 4 is 81.7 Å². The highest BCUT2D eigenvalue weighted by Gasteiger charge is 2.08. The lowest BCUT2D eigenvalue weighted by atomic mass is 10.3. The number of halogens is 4. The van der Waals surface area contributed by atoms with Gasteiger partial charge in [-0.05, 0) is 84.9 Å². The molecule has 0 radical (unpaired) electrons. The summed E-state index contributed by atoms with van der Waals surface area (Å²) in [6, 6.07) is 23.8. The van der Waals surface area contributed by atoms with Crippen LogP contribution in [0, 0.1) is 11.6 Å². The van der Waals surface area contributed by atoms with Crippen LogP contribution in [0.5, 0.6) is 0 Å². The van der Waals surface area contributed by atoms with Gasteiger partial charge in [0, 0.05) is 31.0 Å². The van der Waals surface area contributed by atoms with E-state index in [1.807, 2.05) is 48.5 Å². The number of nitrogens with one attached hydrogen (secondary N) is 2. The summed E-state index contributed by atoms with van der Waals surface area (Å²) in [6.45, 7) is 0. The molecule has 0 saturated heterocycles. The van der Waals surface area contributed by atoms with Gasteiger partial charge in [-0.3, -0.25) is 9.59 Å². The van der Waals surface area contributed by atoms with E-state index in [4.69, 9.17) is 23.2 Å². The number of rotatable bonds is 10. The molecule has 0 atom stereocenters. The van der Waals surface area contributed by atoms with Crippen LogP contribution in [0.3, 0.4) is 0 Å². The third-order valence-electron chi connectivity index (χ3n) is 5.03. The first kappa shape index (κ1) is 29.3. The quantitative estimate of drug-likeness (QED) is 0.173. The zero-order chi connectivity index (χ0) is 27.8. The minimum Gasteiger partial charge on any atom is -0.325 e. The fraction of sp³-hybridized carbons (Fsp3) is 0.0714. The molecule has 0 aliphatic rings. The molecule has 0 saturated carbocycles. The number of hydrogen-bond acceptors (Lipinski definition) is 5. The summed E-state index contributed by atoms with van der Waals surface area (Å²) in [5, 5.41) is 5.32. The lowest BCUT2D eigenvalue weighted by molar-refractivity contribution is -0.114. The number of carbonyl (C=O) groups is 2. The molecule has 4 rings (SSSR count). The maximum Gasteiger partial charge on any atom is 0.234 e. The van der Waals surface area contributed by atoms with Gasteiger partial charge in [0.25, 0.3) is 0 Å². The molecule has 2 amide bonds. The van der Waals surface area contributed by atoms with E-state index >= 15 is 0 Å². The molecule has 0 heterocycles. The molecule has 0 bridgehead atoms. The predicted molar refractivity (Wildman–Crippen MR) is 159 cm³/mol. The summed E-state index contributed by atoms with van der Waals surface area (Å²) in [5.41, 5.74) is 0.892. The SMILES string of the molecule is O=C(CSc1ccc(Sc2ccc(SCC(=O)Nc3ccc(F)c(Cl)c3)cc2)cc1)Nc1ccc(F)c(Cl)c1. The molecule has 2 N–H and O–H groups in total. The zero-order valence-corrected chi connectivity index (χ0v) is 24.0. The van der Waals surface area contributed by atoms with Gasteiger partial charge in [0.15, 0.2) is 0 Å². The summed E-state index contributed by atoms with van der Waals surface area (Å²) in [6.07, 6.45) is 0. The molecule has 4 aromatic carbocycles. The Kier molecular flexibility index (Phi) is 10.6. The molecule has 4 nitrogen and oxygen atoms in total. The van der Waals surface area contributed by atoms with Crippen molar-refractivity contribution in [3.05, 3.63) is 107 Å². The number of thioether (sulfide) groups is 2. The molecule has 0 aliphatic carbocycles. The van der Waals surface area contributed by atoms with Crippen LogP contribution in [0.1, 0.15) is 0 Å². The van der Waals surface area contributed by atoms with Crippen LogP contribution < -0.4 is 10.6 Å². The number of anilines is 2. The van der Waals surface area contributed by atoms with Crippen molar-refractivity contribution in [2.75, 3.05) is 22.1 Å². The lowest BCUT2D eigenvalue weighted by Gasteiger charge is -2.08. The molecule has 200 valence electrons. The van der Waals surface area contributed by atoms with E-state index < -0.39 is 11.6 Å². The lowest BCUT2D eigenvalue weighted by Crippen LogP contribution is -2.13. The van der Waals surface area contributed by atoms with Crippen molar-refractivity contribution < 1.29 is 18.4 Å². The van der Waals surface area contributed by atoms with Crippen molar-refractivity contribution in [3.8, 4) is 0 Å². The summed E-state index contributed by atoms with van der Waals surface area (Å²) in [5.74, 6) is -1.08. The van der Waals surface area contributed by atoms with Crippen molar-refractivity contribution in [1.82, 2.24) is 0 Å². The van der Waals surface area contributed by atoms with Crippen molar-refractivity contribution in [1.29, 1.82) is 0 Å². The van der Waals surface area contributed by atoms with Gasteiger partial charge in [0.2, 0.25) is 11.8 Å². The normalized spacial score (nSPS) is 10.8. The topological polar surface area (TPSA) is 58.2 Å². The molecular formula is C28H20Cl2F2N2O2S3. The highest BCUT2D eigenvalue weighted by atomic mass is 35.5. The smallest absolute Gasteiger partial charge is 0.234 e. The maximum absolute atomic E-state index is 13.3. The van der Waals surface area contributed by atoms with Crippen LogP contribution >= 0.6 is 58.5 Å². The van der Waals surface area contributed by atoms with Crippen LogP contribution in [0.2, 0.25) is 10.0 Å². The van der Waals surface area contributed by atoms with Crippen LogP contribution in [0.15, 0.2) is 105 Å². The van der Waals surface area contributed by atoms with Crippen LogP contribution in [0.25, 0.3) is 0 Å². The first-order chi connectivity index (χ1) is 18.7. The molecule has 0 unspecified atom stereocenters. The largest absolute Gasteiger partial charge is 0.325 e. The summed E-state index contributed by atoms with van der Waals surface area (Å²) >= 11 is 15.9. The number of amides is 2. The van der Waals surface area contributed by atoms with Crippen LogP contribution in [-0.4, -0.2) is 23.3 Å². The molecule has 11 heteroatoms. The summed E-state index contributed by atoms with van der Waals surface area (Å²) in [7, 11) is 0. The second kappa shape index (κ2) is 14.1. The number of benzene rings is 4. The Bertz CT molecular complexity index is 1360. The summed E-state index contributed by atoms with van der Waals surface area (Å²) in [4.78, 5) is 28.4. The first-order valence-corrected chi connectivity index (χ1v) is 14.9.